The van der Waals surface area contributed by atoms with Crippen molar-refractivity contribution < 1.29 is 4.79 Å². The summed E-state index contributed by atoms with van der Waals surface area (Å²) in [5.41, 5.74) is 6.65. The number of hydrogen-bond acceptors (Lipinski definition) is 2. The maximum absolute atomic E-state index is 10.6. The number of benzene rings is 1. The first kappa shape index (κ1) is 9.02. The van der Waals surface area contributed by atoms with E-state index in [0.29, 0.717) is 10.8 Å². The van der Waals surface area contributed by atoms with Crippen LogP contribution in [-0.2, 0) is 11.2 Å². The first-order valence-corrected chi connectivity index (χ1v) is 4.45. The number of rotatable bonds is 2. The molecule has 1 amide bonds. The van der Waals surface area contributed by atoms with E-state index in [2.05, 4.69) is 9.97 Å². The summed E-state index contributed by atoms with van der Waals surface area (Å²) < 4.78 is 0. The summed E-state index contributed by atoms with van der Waals surface area (Å²) in [7, 11) is 0. The van der Waals surface area contributed by atoms with Gasteiger partial charge in [-0.15, -0.1) is 0 Å². The molecule has 3 N–H and O–H groups in total. The Morgan fingerprint density at radius 2 is 2.36 bits per heavy atom. The third-order valence-corrected chi connectivity index (χ3v) is 2.07. The molecule has 0 aliphatic heterocycles. The summed E-state index contributed by atoms with van der Waals surface area (Å²) in [5, 5.41) is 0.620. The third-order valence-electron chi connectivity index (χ3n) is 1.84. The van der Waals surface area contributed by atoms with Gasteiger partial charge >= 0.3 is 0 Å². The molecule has 5 heteroatoms. The maximum Gasteiger partial charge on any atom is 0.225 e. The van der Waals surface area contributed by atoms with E-state index in [-0.39, 0.29) is 6.42 Å². The number of nitrogens with one attached hydrogen (secondary N) is 1. The van der Waals surface area contributed by atoms with Crippen LogP contribution >= 0.6 is 11.6 Å². The van der Waals surface area contributed by atoms with E-state index in [4.69, 9.17) is 17.3 Å². The Labute approximate surface area is 85.1 Å². The fraction of sp³-hybridized carbons (Fsp3) is 0.111. The zero-order valence-corrected chi connectivity index (χ0v) is 8.01. The second-order valence-electron chi connectivity index (χ2n) is 2.99. The molecule has 1 heterocycles. The zero-order valence-electron chi connectivity index (χ0n) is 7.25. The standard InChI is InChI=1S/C9H8ClN3O/c10-5-1-2-6-7(3-5)13-9(12-6)4-8(11)14/h1-3H,4H2,(H2,11,14)(H,12,13). The number of aromatic amines is 1. The van der Waals surface area contributed by atoms with Gasteiger partial charge in [0.2, 0.25) is 5.91 Å². The van der Waals surface area contributed by atoms with Gasteiger partial charge in [-0.2, -0.15) is 0 Å². The minimum Gasteiger partial charge on any atom is -0.369 e. The molecule has 0 aliphatic carbocycles. The van der Waals surface area contributed by atoms with Gasteiger partial charge in [0.05, 0.1) is 17.5 Å². The maximum atomic E-state index is 10.6. The molecule has 0 unspecified atom stereocenters. The molecule has 1 aromatic heterocycles. The van der Waals surface area contributed by atoms with Gasteiger partial charge in [-0.1, -0.05) is 11.6 Å². The van der Waals surface area contributed by atoms with Crippen LogP contribution in [0.3, 0.4) is 0 Å². The van der Waals surface area contributed by atoms with Gasteiger partial charge in [-0.25, -0.2) is 4.98 Å². The number of H-pyrrole nitrogens is 1. The molecule has 0 spiro atoms. The van der Waals surface area contributed by atoms with Gasteiger partial charge in [0.1, 0.15) is 5.82 Å². The molecule has 72 valence electrons. The van der Waals surface area contributed by atoms with Crippen LogP contribution in [0.15, 0.2) is 18.2 Å². The van der Waals surface area contributed by atoms with Crippen LogP contribution in [0.4, 0.5) is 0 Å². The van der Waals surface area contributed by atoms with E-state index in [1.54, 1.807) is 12.1 Å². The van der Waals surface area contributed by atoms with E-state index in [0.717, 1.165) is 11.0 Å². The Balaban J connectivity index is 2.46. The summed E-state index contributed by atoms with van der Waals surface area (Å²) in [6, 6.07) is 5.31. The molecule has 2 rings (SSSR count). The van der Waals surface area contributed by atoms with Crippen molar-refractivity contribution in [1.82, 2.24) is 9.97 Å². The van der Waals surface area contributed by atoms with Gasteiger partial charge in [-0.05, 0) is 18.2 Å². The van der Waals surface area contributed by atoms with Crippen molar-refractivity contribution in [2.45, 2.75) is 6.42 Å². The molecule has 0 aliphatic rings. The third kappa shape index (κ3) is 1.70. The molecule has 0 fully saturated rings. The molecular formula is C9H8ClN3O. The smallest absolute Gasteiger partial charge is 0.225 e. The highest BCUT2D eigenvalue weighted by molar-refractivity contribution is 6.31. The number of hydrogen-bond donors (Lipinski definition) is 2. The molecule has 0 saturated heterocycles. The summed E-state index contributed by atoms with van der Waals surface area (Å²) >= 11 is 5.79. The fourth-order valence-electron chi connectivity index (χ4n) is 1.28. The summed E-state index contributed by atoms with van der Waals surface area (Å²) in [4.78, 5) is 17.8. The first-order valence-electron chi connectivity index (χ1n) is 4.07. The van der Waals surface area contributed by atoms with E-state index in [1.807, 2.05) is 6.07 Å². The van der Waals surface area contributed by atoms with Crippen molar-refractivity contribution in [2.75, 3.05) is 0 Å². The van der Waals surface area contributed by atoms with Crippen LogP contribution < -0.4 is 5.73 Å². The van der Waals surface area contributed by atoms with Crippen LogP contribution in [0.5, 0.6) is 0 Å². The van der Waals surface area contributed by atoms with Crippen molar-refractivity contribution in [2.24, 2.45) is 5.73 Å². The minimum atomic E-state index is -0.407. The highest BCUT2D eigenvalue weighted by atomic mass is 35.5. The van der Waals surface area contributed by atoms with Gasteiger partial charge in [0, 0.05) is 5.02 Å². The number of aromatic nitrogens is 2. The van der Waals surface area contributed by atoms with E-state index < -0.39 is 5.91 Å². The number of carbonyl (C=O) groups excluding carboxylic acids is 1. The normalized spacial score (nSPS) is 10.6. The Morgan fingerprint density at radius 1 is 1.57 bits per heavy atom. The Hall–Kier alpha value is -1.55. The first-order chi connectivity index (χ1) is 6.65. The molecule has 0 radical (unpaired) electrons. The van der Waals surface area contributed by atoms with Crippen LogP contribution in [0, 0.1) is 0 Å². The average Bonchev–Trinajstić information content (AvgIpc) is 2.44. The average molecular weight is 210 g/mol. The van der Waals surface area contributed by atoms with Gasteiger partial charge < -0.3 is 10.7 Å². The van der Waals surface area contributed by atoms with Crippen molar-refractivity contribution >= 4 is 28.5 Å². The topological polar surface area (TPSA) is 71.8 Å². The molecule has 4 nitrogen and oxygen atoms in total. The Bertz CT molecular complexity index is 492. The second kappa shape index (κ2) is 3.31. The minimum absolute atomic E-state index is 0.117. The number of nitrogens with two attached hydrogens (primary N) is 1. The lowest BCUT2D eigenvalue weighted by atomic mass is 10.3. The van der Waals surface area contributed by atoms with Crippen molar-refractivity contribution in [1.29, 1.82) is 0 Å². The highest BCUT2D eigenvalue weighted by Gasteiger charge is 2.05. The summed E-state index contributed by atoms with van der Waals surface area (Å²) in [6.07, 6.45) is 0.117. The van der Waals surface area contributed by atoms with Crippen LogP contribution in [0.25, 0.3) is 11.0 Å². The second-order valence-corrected chi connectivity index (χ2v) is 3.42. The van der Waals surface area contributed by atoms with Crippen LogP contribution in [0.1, 0.15) is 5.82 Å². The highest BCUT2D eigenvalue weighted by Crippen LogP contribution is 2.17. The molecule has 0 saturated carbocycles. The Morgan fingerprint density at radius 3 is 3.07 bits per heavy atom. The van der Waals surface area contributed by atoms with E-state index >= 15 is 0 Å². The number of imidazole rings is 1. The van der Waals surface area contributed by atoms with Crippen LogP contribution in [0.2, 0.25) is 5.02 Å². The van der Waals surface area contributed by atoms with E-state index in [9.17, 15) is 4.79 Å². The SMILES string of the molecule is NC(=O)Cc1nc2cc(Cl)ccc2[nH]1. The number of amides is 1. The Kier molecular flexibility index (Phi) is 2.13. The zero-order chi connectivity index (χ0) is 10.1. The molecule has 14 heavy (non-hydrogen) atoms. The predicted octanol–water partition coefficient (Wildman–Crippen LogP) is 1.24. The molecule has 2 aromatic rings. The molecular weight excluding hydrogens is 202 g/mol. The molecule has 0 atom stereocenters. The van der Waals surface area contributed by atoms with Gasteiger partial charge in [0.25, 0.3) is 0 Å². The monoisotopic (exact) mass is 209 g/mol. The number of carbonyl (C=O) groups is 1. The summed E-state index contributed by atoms with van der Waals surface area (Å²) in [5.74, 6) is 0.157. The fourth-order valence-corrected chi connectivity index (χ4v) is 1.45. The van der Waals surface area contributed by atoms with Gasteiger partial charge in [-0.3, -0.25) is 4.79 Å². The lowest BCUT2D eigenvalue weighted by Gasteiger charge is -1.87. The number of fused-ring (bicyclic) bond motifs is 1. The largest absolute Gasteiger partial charge is 0.369 e. The van der Waals surface area contributed by atoms with Crippen LogP contribution in [-0.4, -0.2) is 15.9 Å². The predicted molar refractivity (Wildman–Crippen MR) is 54.0 cm³/mol. The quantitative estimate of drug-likeness (QED) is 0.781. The van der Waals surface area contributed by atoms with Crippen molar-refractivity contribution in [3.05, 3.63) is 29.0 Å². The number of halogens is 1. The number of primary amides is 1. The number of nitrogens with zero attached hydrogens (tertiary/aromatic N) is 1. The van der Waals surface area contributed by atoms with Gasteiger partial charge in [0.15, 0.2) is 0 Å². The molecule has 0 bridgehead atoms. The summed E-state index contributed by atoms with van der Waals surface area (Å²) in [6.45, 7) is 0. The lowest BCUT2D eigenvalue weighted by molar-refractivity contribution is -0.117. The van der Waals surface area contributed by atoms with Crippen molar-refractivity contribution in [3.8, 4) is 0 Å². The van der Waals surface area contributed by atoms with Crippen molar-refractivity contribution in [3.63, 3.8) is 0 Å². The van der Waals surface area contributed by atoms with E-state index in [1.165, 1.54) is 0 Å². The lowest BCUT2D eigenvalue weighted by Crippen LogP contribution is -2.14. The molecule has 1 aromatic carbocycles.